The highest BCUT2D eigenvalue weighted by molar-refractivity contribution is 6.06. The van der Waals surface area contributed by atoms with Crippen molar-refractivity contribution in [3.8, 4) is 0 Å². The van der Waals surface area contributed by atoms with Gasteiger partial charge < -0.3 is 4.90 Å². The highest BCUT2D eigenvalue weighted by Gasteiger charge is 2.38. The van der Waals surface area contributed by atoms with Crippen LogP contribution in [0.3, 0.4) is 0 Å². The minimum absolute atomic E-state index is 0.198. The Morgan fingerprint density at radius 2 is 1.96 bits per heavy atom. The van der Waals surface area contributed by atoms with Crippen molar-refractivity contribution in [1.29, 1.82) is 0 Å². The molecular weight excluding hydrogens is 346 g/mol. The summed E-state index contributed by atoms with van der Waals surface area (Å²) >= 11 is 0. The molecule has 0 radical (unpaired) electrons. The predicted octanol–water partition coefficient (Wildman–Crippen LogP) is 4.19. The van der Waals surface area contributed by atoms with Gasteiger partial charge in [-0.15, -0.1) is 0 Å². The second kappa shape index (κ2) is 7.14. The molecule has 6 rings (SSSR count). The van der Waals surface area contributed by atoms with Gasteiger partial charge in [-0.25, -0.2) is 0 Å². The second-order valence-electron chi connectivity index (χ2n) is 9.34. The molecule has 4 fully saturated rings. The van der Waals surface area contributed by atoms with E-state index in [1.165, 1.54) is 45.2 Å². The van der Waals surface area contributed by atoms with Crippen LogP contribution in [-0.2, 0) is 0 Å². The average molecular weight is 378 g/mol. The molecule has 2 bridgehead atoms. The van der Waals surface area contributed by atoms with Crippen LogP contribution in [0.1, 0.15) is 53.7 Å². The molecule has 1 aromatic carbocycles. The van der Waals surface area contributed by atoms with E-state index in [1.54, 1.807) is 0 Å². The van der Waals surface area contributed by atoms with Gasteiger partial charge in [0.25, 0.3) is 5.91 Å². The lowest BCUT2D eigenvalue weighted by Crippen LogP contribution is -2.47. The fourth-order valence-electron chi connectivity index (χ4n) is 5.44. The van der Waals surface area contributed by atoms with Crippen LogP contribution in [0.15, 0.2) is 24.3 Å². The van der Waals surface area contributed by atoms with Crippen molar-refractivity contribution < 1.29 is 4.79 Å². The van der Waals surface area contributed by atoms with Gasteiger partial charge in [0.05, 0.1) is 11.1 Å². The molecule has 2 atom stereocenters. The summed E-state index contributed by atoms with van der Waals surface area (Å²) in [5, 5.41) is 0.999. The quantitative estimate of drug-likeness (QED) is 0.805. The van der Waals surface area contributed by atoms with E-state index in [-0.39, 0.29) is 5.91 Å². The first-order valence-electron chi connectivity index (χ1n) is 11.0. The molecule has 2 aromatic rings. The number of pyridine rings is 1. The van der Waals surface area contributed by atoms with Crippen LogP contribution in [0.25, 0.3) is 10.9 Å². The highest BCUT2D eigenvalue weighted by atomic mass is 16.2. The number of carbonyl (C=O) groups excluding carboxylic acids is 1. The van der Waals surface area contributed by atoms with Gasteiger partial charge in [-0.05, 0) is 63.0 Å². The van der Waals surface area contributed by atoms with E-state index >= 15 is 0 Å². The topological polar surface area (TPSA) is 36.4 Å². The summed E-state index contributed by atoms with van der Waals surface area (Å²) in [7, 11) is 0. The Hall–Kier alpha value is -1.94. The Morgan fingerprint density at radius 3 is 2.75 bits per heavy atom. The molecular formula is C24H31N3O. The summed E-state index contributed by atoms with van der Waals surface area (Å²) in [6.07, 6.45) is 6.72. The average Bonchev–Trinajstić information content (AvgIpc) is 2.96. The molecule has 3 saturated heterocycles. The van der Waals surface area contributed by atoms with Gasteiger partial charge in [0.2, 0.25) is 0 Å². The van der Waals surface area contributed by atoms with Crippen molar-refractivity contribution in [3.63, 3.8) is 0 Å². The molecule has 1 aliphatic carbocycles. The number of piperidine rings is 1. The lowest BCUT2D eigenvalue weighted by Gasteiger charge is -2.40. The third-order valence-electron chi connectivity index (χ3n) is 7.23. The van der Waals surface area contributed by atoms with Gasteiger partial charge in [-0.2, -0.15) is 0 Å². The zero-order chi connectivity index (χ0) is 19.3. The molecule has 148 valence electrons. The van der Waals surface area contributed by atoms with Gasteiger partial charge in [0, 0.05) is 43.3 Å². The van der Waals surface area contributed by atoms with Crippen LogP contribution in [0.5, 0.6) is 0 Å². The fraction of sp³-hybridized carbons (Fsp3) is 0.583. The summed E-state index contributed by atoms with van der Waals surface area (Å²) in [6.45, 7) is 8.30. The first-order valence-corrected chi connectivity index (χ1v) is 11.0. The summed E-state index contributed by atoms with van der Waals surface area (Å²) in [6, 6.07) is 8.70. The molecule has 1 saturated carbocycles. The monoisotopic (exact) mass is 377 g/mol. The van der Waals surface area contributed by atoms with E-state index in [0.29, 0.717) is 12.0 Å². The molecule has 4 aliphatic rings. The Balaban J connectivity index is 1.43. The number of aromatic nitrogens is 1. The van der Waals surface area contributed by atoms with E-state index < -0.39 is 0 Å². The van der Waals surface area contributed by atoms with Crippen molar-refractivity contribution >= 4 is 16.8 Å². The van der Waals surface area contributed by atoms with E-state index in [2.05, 4.69) is 28.9 Å². The van der Waals surface area contributed by atoms with Crippen LogP contribution in [0.2, 0.25) is 0 Å². The van der Waals surface area contributed by atoms with E-state index in [4.69, 9.17) is 4.98 Å². The Labute approximate surface area is 167 Å². The first-order chi connectivity index (χ1) is 13.6. The number of benzene rings is 1. The lowest BCUT2D eigenvalue weighted by atomic mass is 9.83. The van der Waals surface area contributed by atoms with Crippen molar-refractivity contribution in [2.45, 2.75) is 52.0 Å². The normalized spacial score (nSPS) is 25.7. The minimum Gasteiger partial charge on any atom is -0.337 e. The van der Waals surface area contributed by atoms with Crippen LogP contribution < -0.4 is 0 Å². The molecule has 1 amide bonds. The number of para-hydroxylation sites is 1. The van der Waals surface area contributed by atoms with Crippen LogP contribution in [0, 0.1) is 25.7 Å². The molecule has 0 unspecified atom stereocenters. The van der Waals surface area contributed by atoms with Crippen LogP contribution in [0.4, 0.5) is 0 Å². The maximum absolute atomic E-state index is 13.6. The second-order valence-corrected chi connectivity index (χ2v) is 9.34. The van der Waals surface area contributed by atoms with Gasteiger partial charge in [0.1, 0.15) is 0 Å². The van der Waals surface area contributed by atoms with Crippen molar-refractivity contribution in [2.24, 2.45) is 11.8 Å². The number of hydrogen-bond donors (Lipinski definition) is 0. The number of rotatable bonds is 3. The predicted molar refractivity (Wildman–Crippen MR) is 113 cm³/mol. The third-order valence-corrected chi connectivity index (χ3v) is 7.23. The molecule has 0 spiro atoms. The highest BCUT2D eigenvalue weighted by Crippen LogP contribution is 2.34. The molecule has 0 N–H and O–H groups in total. The number of carbonyl (C=O) groups is 1. The maximum atomic E-state index is 13.6. The first kappa shape index (κ1) is 18.1. The number of hydrogen-bond acceptors (Lipinski definition) is 3. The van der Waals surface area contributed by atoms with E-state index in [9.17, 15) is 4.79 Å². The summed E-state index contributed by atoms with van der Waals surface area (Å²) < 4.78 is 0. The zero-order valence-corrected chi connectivity index (χ0v) is 17.2. The Morgan fingerprint density at radius 1 is 1.11 bits per heavy atom. The Kier molecular flexibility index (Phi) is 4.62. The fourth-order valence-corrected chi connectivity index (χ4v) is 5.44. The molecule has 3 aliphatic heterocycles. The van der Waals surface area contributed by atoms with Crippen LogP contribution >= 0.6 is 0 Å². The van der Waals surface area contributed by atoms with Crippen molar-refractivity contribution in [2.75, 3.05) is 26.2 Å². The molecule has 4 nitrogen and oxygen atoms in total. The molecule has 4 heteroatoms. The van der Waals surface area contributed by atoms with Gasteiger partial charge >= 0.3 is 0 Å². The SMILES string of the molecule is Cc1cc(C(=O)N2C[C@H]3CC[C@@H](C2)N(CC2CCC2)C3)c2cccc(C)c2n1. The third kappa shape index (κ3) is 3.22. The lowest BCUT2D eigenvalue weighted by molar-refractivity contribution is 0.0719. The number of amides is 1. The smallest absolute Gasteiger partial charge is 0.254 e. The molecule has 1 aromatic heterocycles. The van der Waals surface area contributed by atoms with Crippen molar-refractivity contribution in [1.82, 2.24) is 14.8 Å². The largest absolute Gasteiger partial charge is 0.337 e. The maximum Gasteiger partial charge on any atom is 0.254 e. The molecule has 28 heavy (non-hydrogen) atoms. The van der Waals surface area contributed by atoms with E-state index in [1.807, 2.05) is 19.1 Å². The summed E-state index contributed by atoms with van der Waals surface area (Å²) in [4.78, 5) is 23.2. The van der Waals surface area contributed by atoms with E-state index in [0.717, 1.165) is 46.7 Å². The number of aryl methyl sites for hydroxylation is 2. The molecule has 4 heterocycles. The zero-order valence-electron chi connectivity index (χ0n) is 17.2. The Bertz CT molecular complexity index is 904. The van der Waals surface area contributed by atoms with Gasteiger partial charge in [-0.1, -0.05) is 24.6 Å². The van der Waals surface area contributed by atoms with Gasteiger partial charge in [-0.3, -0.25) is 14.7 Å². The minimum atomic E-state index is 0.198. The summed E-state index contributed by atoms with van der Waals surface area (Å²) in [5.41, 5.74) is 3.86. The van der Waals surface area contributed by atoms with Crippen LogP contribution in [-0.4, -0.2) is 52.9 Å². The van der Waals surface area contributed by atoms with Crippen molar-refractivity contribution in [3.05, 3.63) is 41.1 Å². The number of fused-ring (bicyclic) bond motifs is 5. The standard InChI is InChI=1S/C24H31N3O/c1-16-5-3-8-21-22(11-17(2)25-23(16)21)24(28)27-14-19-9-10-20(15-27)26(13-19)12-18-6-4-7-18/h3,5,8,11,18-20H,4,6-7,9-10,12-15H2,1-2H3/t19-,20-/m0/s1. The van der Waals surface area contributed by atoms with Gasteiger partial charge in [0.15, 0.2) is 0 Å². The summed E-state index contributed by atoms with van der Waals surface area (Å²) in [5.74, 6) is 1.72. The number of nitrogens with zero attached hydrogens (tertiary/aromatic N) is 3.